The fourth-order valence-electron chi connectivity index (χ4n) is 2.24. The fraction of sp³-hybridized carbons (Fsp3) is 0.846. The molecule has 84 valence electrons. The molecule has 1 aliphatic carbocycles. The highest BCUT2D eigenvalue weighted by Gasteiger charge is 2.31. The van der Waals surface area contributed by atoms with Gasteiger partial charge in [0.1, 0.15) is 0 Å². The molecule has 0 spiro atoms. The Labute approximate surface area is 90.0 Å². The van der Waals surface area contributed by atoms with Crippen LogP contribution in [0.4, 0.5) is 0 Å². The highest BCUT2D eigenvalue weighted by molar-refractivity contribution is 5.02. The maximum absolute atomic E-state index is 3.45. The molecular weight excluding hydrogens is 170 g/mol. The first-order chi connectivity index (χ1) is 6.88. The van der Waals surface area contributed by atoms with E-state index in [1.165, 1.54) is 19.5 Å². The van der Waals surface area contributed by atoms with Crippen LogP contribution in [0, 0.1) is 17.8 Å². The minimum atomic E-state index is 0.814. The molecule has 0 aromatic carbocycles. The number of nitrogens with one attached hydrogen (secondary N) is 1. The maximum atomic E-state index is 3.45. The van der Waals surface area contributed by atoms with Crippen molar-refractivity contribution in [1.29, 1.82) is 0 Å². The van der Waals surface area contributed by atoms with Gasteiger partial charge in [0.25, 0.3) is 0 Å². The van der Waals surface area contributed by atoms with E-state index in [9.17, 15) is 0 Å². The van der Waals surface area contributed by atoms with E-state index in [4.69, 9.17) is 0 Å². The van der Waals surface area contributed by atoms with E-state index < -0.39 is 0 Å². The van der Waals surface area contributed by atoms with Gasteiger partial charge in [0.15, 0.2) is 0 Å². The lowest BCUT2D eigenvalue weighted by Crippen LogP contribution is -2.21. The molecule has 0 bridgehead atoms. The summed E-state index contributed by atoms with van der Waals surface area (Å²) in [5, 5.41) is 3.45. The lowest BCUT2D eigenvalue weighted by Gasteiger charge is -2.25. The molecule has 1 nitrogen and oxygen atoms in total. The van der Waals surface area contributed by atoms with E-state index in [0.717, 1.165) is 17.8 Å². The molecule has 1 N–H and O–H groups in total. The van der Waals surface area contributed by atoms with Crippen molar-refractivity contribution in [1.82, 2.24) is 5.32 Å². The van der Waals surface area contributed by atoms with Gasteiger partial charge in [-0.25, -0.2) is 0 Å². The van der Waals surface area contributed by atoms with E-state index in [0.29, 0.717) is 0 Å². The third-order valence-corrected chi connectivity index (χ3v) is 2.95. The predicted molar refractivity (Wildman–Crippen MR) is 65.5 cm³/mol. The SMILES string of the molecule is CC.CC.CC1C=CCC2CNCC12. The second-order valence-electron chi connectivity index (χ2n) is 3.61. The summed E-state index contributed by atoms with van der Waals surface area (Å²) >= 11 is 0. The first kappa shape index (κ1) is 13.7. The number of rotatable bonds is 0. The van der Waals surface area contributed by atoms with Gasteiger partial charge in [-0.2, -0.15) is 0 Å². The van der Waals surface area contributed by atoms with Crippen LogP contribution >= 0.6 is 0 Å². The molecule has 2 rings (SSSR count). The van der Waals surface area contributed by atoms with Gasteiger partial charge < -0.3 is 5.32 Å². The van der Waals surface area contributed by atoms with Crippen molar-refractivity contribution in [2.75, 3.05) is 13.1 Å². The second-order valence-corrected chi connectivity index (χ2v) is 3.61. The van der Waals surface area contributed by atoms with Gasteiger partial charge in [0, 0.05) is 0 Å². The zero-order chi connectivity index (χ0) is 11.0. The van der Waals surface area contributed by atoms with Gasteiger partial charge >= 0.3 is 0 Å². The molecule has 3 unspecified atom stereocenters. The molecule has 14 heavy (non-hydrogen) atoms. The van der Waals surface area contributed by atoms with Gasteiger partial charge in [0.05, 0.1) is 0 Å². The van der Waals surface area contributed by atoms with Gasteiger partial charge in [-0.15, -0.1) is 0 Å². The van der Waals surface area contributed by atoms with E-state index >= 15 is 0 Å². The number of allylic oxidation sites excluding steroid dienone is 2. The summed E-state index contributed by atoms with van der Waals surface area (Å²) in [6.45, 7) is 12.8. The van der Waals surface area contributed by atoms with Gasteiger partial charge in [-0.1, -0.05) is 46.8 Å². The second kappa shape index (κ2) is 8.05. The Bertz CT molecular complexity index is 151. The third-order valence-electron chi connectivity index (χ3n) is 2.95. The summed E-state index contributed by atoms with van der Waals surface area (Å²) in [5.74, 6) is 2.69. The molecule has 0 aromatic rings. The van der Waals surface area contributed by atoms with Crippen molar-refractivity contribution in [2.45, 2.75) is 41.0 Å². The van der Waals surface area contributed by atoms with Crippen LogP contribution < -0.4 is 5.32 Å². The van der Waals surface area contributed by atoms with Crippen molar-refractivity contribution in [2.24, 2.45) is 17.8 Å². The summed E-state index contributed by atoms with van der Waals surface area (Å²) in [6, 6.07) is 0. The summed E-state index contributed by atoms with van der Waals surface area (Å²) in [7, 11) is 0. The molecule has 1 fully saturated rings. The first-order valence-electron chi connectivity index (χ1n) is 6.25. The molecule has 1 aliphatic heterocycles. The topological polar surface area (TPSA) is 12.0 Å². The van der Waals surface area contributed by atoms with Crippen molar-refractivity contribution < 1.29 is 0 Å². The molecule has 1 heterocycles. The summed E-state index contributed by atoms with van der Waals surface area (Å²) in [4.78, 5) is 0. The van der Waals surface area contributed by atoms with Crippen molar-refractivity contribution in [3.8, 4) is 0 Å². The Morgan fingerprint density at radius 1 is 1.07 bits per heavy atom. The van der Waals surface area contributed by atoms with Gasteiger partial charge in [-0.3, -0.25) is 0 Å². The van der Waals surface area contributed by atoms with Crippen molar-refractivity contribution in [3.05, 3.63) is 12.2 Å². The normalized spacial score (nSPS) is 33.4. The Morgan fingerprint density at radius 3 is 2.29 bits per heavy atom. The van der Waals surface area contributed by atoms with Crippen LogP contribution in [0.25, 0.3) is 0 Å². The molecule has 3 atom stereocenters. The van der Waals surface area contributed by atoms with E-state index in [1.54, 1.807) is 0 Å². The number of hydrogen-bond donors (Lipinski definition) is 1. The average molecular weight is 197 g/mol. The van der Waals surface area contributed by atoms with Crippen LogP contribution in [0.5, 0.6) is 0 Å². The largest absolute Gasteiger partial charge is 0.316 e. The van der Waals surface area contributed by atoms with Crippen LogP contribution in [0.2, 0.25) is 0 Å². The zero-order valence-electron chi connectivity index (χ0n) is 10.5. The Kier molecular flexibility index (Phi) is 7.87. The molecule has 0 saturated carbocycles. The summed E-state index contributed by atoms with van der Waals surface area (Å²) in [6.07, 6.45) is 6.02. The molecule has 1 saturated heterocycles. The van der Waals surface area contributed by atoms with Crippen molar-refractivity contribution >= 4 is 0 Å². The van der Waals surface area contributed by atoms with Gasteiger partial charge in [-0.05, 0) is 37.3 Å². The highest BCUT2D eigenvalue weighted by Crippen LogP contribution is 2.32. The van der Waals surface area contributed by atoms with Crippen LogP contribution in [-0.4, -0.2) is 13.1 Å². The van der Waals surface area contributed by atoms with Crippen molar-refractivity contribution in [3.63, 3.8) is 0 Å². The van der Waals surface area contributed by atoms with Crippen LogP contribution in [0.15, 0.2) is 12.2 Å². The number of fused-ring (bicyclic) bond motifs is 1. The predicted octanol–water partition coefficient (Wildman–Crippen LogP) is 3.47. The van der Waals surface area contributed by atoms with E-state index in [2.05, 4.69) is 24.4 Å². The smallest absolute Gasteiger partial charge is 0.00116 e. The monoisotopic (exact) mass is 197 g/mol. The molecular formula is C13H27N. The lowest BCUT2D eigenvalue weighted by molar-refractivity contribution is 0.331. The van der Waals surface area contributed by atoms with E-state index in [1.807, 2.05) is 27.7 Å². The van der Waals surface area contributed by atoms with Gasteiger partial charge in [0.2, 0.25) is 0 Å². The Balaban J connectivity index is 0.000000379. The quantitative estimate of drug-likeness (QED) is 0.586. The maximum Gasteiger partial charge on any atom is -0.00116 e. The minimum absolute atomic E-state index is 0.814. The molecule has 0 amide bonds. The summed E-state index contributed by atoms with van der Waals surface area (Å²) < 4.78 is 0. The molecule has 0 radical (unpaired) electrons. The highest BCUT2D eigenvalue weighted by atomic mass is 14.9. The van der Waals surface area contributed by atoms with Crippen LogP contribution in [0.3, 0.4) is 0 Å². The lowest BCUT2D eigenvalue weighted by atomic mass is 9.79. The zero-order valence-corrected chi connectivity index (χ0v) is 10.5. The van der Waals surface area contributed by atoms with Crippen LogP contribution in [-0.2, 0) is 0 Å². The van der Waals surface area contributed by atoms with Crippen LogP contribution in [0.1, 0.15) is 41.0 Å². The Morgan fingerprint density at radius 2 is 1.71 bits per heavy atom. The summed E-state index contributed by atoms with van der Waals surface area (Å²) in [5.41, 5.74) is 0. The standard InChI is InChI=1S/C9H15N.2C2H6/c1-7-3-2-4-8-5-10-6-9(7)8;2*1-2/h2-3,7-10H,4-6H2,1H3;2*1-2H3. The average Bonchev–Trinajstić information content (AvgIpc) is 2.73. The van der Waals surface area contributed by atoms with E-state index in [-0.39, 0.29) is 0 Å². The number of hydrogen-bond acceptors (Lipinski definition) is 1. The fourth-order valence-corrected chi connectivity index (χ4v) is 2.24. The Hall–Kier alpha value is -0.300. The third kappa shape index (κ3) is 3.45. The first-order valence-corrected chi connectivity index (χ1v) is 6.25. The molecule has 1 heteroatoms. The molecule has 2 aliphatic rings. The molecule has 0 aromatic heterocycles. The minimum Gasteiger partial charge on any atom is -0.316 e.